The highest BCUT2D eigenvalue weighted by Gasteiger charge is 2.14. The van der Waals surface area contributed by atoms with Gasteiger partial charge in [0.05, 0.1) is 11.4 Å². The van der Waals surface area contributed by atoms with Crippen molar-refractivity contribution >= 4 is 21.6 Å². The zero-order valence-corrected chi connectivity index (χ0v) is 11.8. The maximum absolute atomic E-state index is 11.9. The highest BCUT2D eigenvalue weighted by atomic mass is 32.2. The molecule has 2 aromatic carbocycles. The van der Waals surface area contributed by atoms with Crippen LogP contribution < -0.4 is 10.0 Å². The van der Waals surface area contributed by atoms with Crippen LogP contribution in [0.2, 0.25) is 0 Å². The Bertz CT molecular complexity index is 730. The van der Waals surface area contributed by atoms with Crippen LogP contribution in [0.4, 0.5) is 5.69 Å². The van der Waals surface area contributed by atoms with Gasteiger partial charge in [-0.15, -0.1) is 0 Å². The zero-order chi connectivity index (χ0) is 15.3. The molecular weight excluding hydrogens is 292 g/mol. The Morgan fingerprint density at radius 3 is 2.43 bits per heavy atom. The Labute approximate surface area is 122 Å². The lowest BCUT2D eigenvalue weighted by molar-refractivity contribution is -0.115. The Balaban J connectivity index is 1.95. The monoisotopic (exact) mass is 306 g/mol. The number of phenolic OH excluding ortho intramolecular Hbond substituents is 1. The molecule has 21 heavy (non-hydrogen) atoms. The van der Waals surface area contributed by atoms with E-state index in [1.807, 2.05) is 0 Å². The molecule has 110 valence electrons. The summed E-state index contributed by atoms with van der Waals surface area (Å²) < 4.78 is 26.0. The van der Waals surface area contributed by atoms with Gasteiger partial charge in [0, 0.05) is 11.8 Å². The van der Waals surface area contributed by atoms with E-state index in [0.29, 0.717) is 5.69 Å². The topological polar surface area (TPSA) is 95.5 Å². The molecule has 2 rings (SSSR count). The number of carbonyl (C=O) groups is 1. The molecule has 0 aliphatic rings. The number of nitrogens with one attached hydrogen (secondary N) is 2. The van der Waals surface area contributed by atoms with Gasteiger partial charge in [0.25, 0.3) is 0 Å². The van der Waals surface area contributed by atoms with Crippen LogP contribution in [0.5, 0.6) is 5.75 Å². The van der Waals surface area contributed by atoms with Gasteiger partial charge in [0.15, 0.2) is 0 Å². The molecule has 0 aliphatic heterocycles. The van der Waals surface area contributed by atoms with E-state index in [1.54, 1.807) is 30.3 Å². The smallest absolute Gasteiger partial charge is 0.241 e. The van der Waals surface area contributed by atoms with E-state index in [-0.39, 0.29) is 10.6 Å². The van der Waals surface area contributed by atoms with E-state index in [9.17, 15) is 18.3 Å². The van der Waals surface area contributed by atoms with Crippen molar-refractivity contribution in [2.24, 2.45) is 0 Å². The summed E-state index contributed by atoms with van der Waals surface area (Å²) >= 11 is 0. The summed E-state index contributed by atoms with van der Waals surface area (Å²) in [7, 11) is -3.72. The van der Waals surface area contributed by atoms with Crippen LogP contribution in [0.3, 0.4) is 0 Å². The number of sulfonamides is 1. The minimum absolute atomic E-state index is 0.0117. The van der Waals surface area contributed by atoms with E-state index in [2.05, 4.69) is 10.0 Å². The fourth-order valence-electron chi connectivity index (χ4n) is 1.63. The van der Waals surface area contributed by atoms with Crippen molar-refractivity contribution in [3.8, 4) is 5.75 Å². The summed E-state index contributed by atoms with van der Waals surface area (Å²) in [5.41, 5.74) is 0.388. The minimum atomic E-state index is -3.72. The molecule has 0 unspecified atom stereocenters. The molecule has 0 bridgehead atoms. The van der Waals surface area contributed by atoms with Gasteiger partial charge in [-0.3, -0.25) is 4.79 Å². The summed E-state index contributed by atoms with van der Waals surface area (Å²) in [6.07, 6.45) is 0. The molecule has 3 N–H and O–H groups in total. The van der Waals surface area contributed by atoms with Gasteiger partial charge in [-0.2, -0.15) is 0 Å². The number of benzene rings is 2. The number of amides is 1. The van der Waals surface area contributed by atoms with Crippen molar-refractivity contribution in [3.63, 3.8) is 0 Å². The molecule has 2 aromatic rings. The van der Waals surface area contributed by atoms with Crippen LogP contribution in [0.1, 0.15) is 0 Å². The molecule has 0 aromatic heterocycles. The first kappa shape index (κ1) is 15.0. The number of carbonyl (C=O) groups excluding carboxylic acids is 1. The van der Waals surface area contributed by atoms with Crippen molar-refractivity contribution in [3.05, 3.63) is 54.6 Å². The summed E-state index contributed by atoms with van der Waals surface area (Å²) in [6, 6.07) is 13.8. The van der Waals surface area contributed by atoms with Crippen LogP contribution in [-0.4, -0.2) is 26.0 Å². The predicted octanol–water partition coefficient (Wildman–Crippen LogP) is 1.31. The van der Waals surface area contributed by atoms with Crippen molar-refractivity contribution in [1.29, 1.82) is 0 Å². The van der Waals surface area contributed by atoms with Gasteiger partial charge in [0.1, 0.15) is 5.75 Å². The number of anilines is 1. The number of rotatable bonds is 5. The molecule has 0 fully saturated rings. The number of hydrogen-bond acceptors (Lipinski definition) is 4. The third-order valence-electron chi connectivity index (χ3n) is 2.61. The predicted molar refractivity (Wildman–Crippen MR) is 78.4 cm³/mol. The fraction of sp³-hybridized carbons (Fsp3) is 0.0714. The van der Waals surface area contributed by atoms with Gasteiger partial charge in [0.2, 0.25) is 15.9 Å². The van der Waals surface area contributed by atoms with Crippen LogP contribution in [0.15, 0.2) is 59.5 Å². The summed E-state index contributed by atoms with van der Waals surface area (Å²) in [6.45, 7) is -0.396. The second-order valence-corrected chi connectivity index (χ2v) is 6.00. The Kier molecular flexibility index (Phi) is 4.56. The zero-order valence-electron chi connectivity index (χ0n) is 11.0. The number of hydrogen-bond donors (Lipinski definition) is 3. The van der Waals surface area contributed by atoms with E-state index in [4.69, 9.17) is 0 Å². The largest absolute Gasteiger partial charge is 0.508 e. The second kappa shape index (κ2) is 6.38. The van der Waals surface area contributed by atoms with Crippen LogP contribution in [-0.2, 0) is 14.8 Å². The molecular formula is C14H14N2O4S. The molecule has 0 atom stereocenters. The summed E-state index contributed by atoms with van der Waals surface area (Å²) in [5.74, 6) is -0.516. The highest BCUT2D eigenvalue weighted by Crippen LogP contribution is 2.15. The molecule has 0 spiro atoms. The molecule has 7 heteroatoms. The summed E-state index contributed by atoms with van der Waals surface area (Å²) in [5, 5.41) is 11.8. The Hall–Kier alpha value is -2.38. The molecule has 1 amide bonds. The van der Waals surface area contributed by atoms with Crippen molar-refractivity contribution in [2.45, 2.75) is 4.90 Å². The number of aromatic hydroxyl groups is 1. The molecule has 0 heterocycles. The second-order valence-electron chi connectivity index (χ2n) is 4.24. The molecule has 0 aliphatic carbocycles. The van der Waals surface area contributed by atoms with Crippen molar-refractivity contribution in [2.75, 3.05) is 11.9 Å². The molecule has 0 saturated heterocycles. The third kappa shape index (κ3) is 4.30. The van der Waals surface area contributed by atoms with Gasteiger partial charge in [-0.1, -0.05) is 24.3 Å². The Morgan fingerprint density at radius 1 is 1.05 bits per heavy atom. The average molecular weight is 306 g/mol. The highest BCUT2D eigenvalue weighted by molar-refractivity contribution is 7.89. The van der Waals surface area contributed by atoms with E-state index >= 15 is 0 Å². The molecule has 0 saturated carbocycles. The van der Waals surface area contributed by atoms with E-state index in [0.717, 1.165) is 0 Å². The first-order valence-electron chi connectivity index (χ1n) is 6.11. The maximum Gasteiger partial charge on any atom is 0.241 e. The first-order valence-corrected chi connectivity index (χ1v) is 7.59. The number of phenols is 1. The lowest BCUT2D eigenvalue weighted by Gasteiger charge is -2.08. The fourth-order valence-corrected chi connectivity index (χ4v) is 2.64. The SMILES string of the molecule is O=C(CNS(=O)(=O)c1ccccc1)Nc1cccc(O)c1. The van der Waals surface area contributed by atoms with Gasteiger partial charge < -0.3 is 10.4 Å². The van der Waals surface area contributed by atoms with Gasteiger partial charge >= 0.3 is 0 Å². The van der Waals surface area contributed by atoms with Gasteiger partial charge in [-0.05, 0) is 24.3 Å². The van der Waals surface area contributed by atoms with E-state index in [1.165, 1.54) is 24.3 Å². The Morgan fingerprint density at radius 2 is 1.76 bits per heavy atom. The average Bonchev–Trinajstić information content (AvgIpc) is 2.46. The summed E-state index contributed by atoms with van der Waals surface area (Å²) in [4.78, 5) is 11.8. The standard InChI is InChI=1S/C14H14N2O4S/c17-12-6-4-5-11(9-12)16-14(18)10-15-21(19,20)13-7-2-1-3-8-13/h1-9,15,17H,10H2,(H,16,18). The maximum atomic E-state index is 11.9. The van der Waals surface area contributed by atoms with E-state index < -0.39 is 22.5 Å². The third-order valence-corrected chi connectivity index (χ3v) is 4.02. The van der Waals surface area contributed by atoms with Crippen LogP contribution in [0.25, 0.3) is 0 Å². The van der Waals surface area contributed by atoms with Gasteiger partial charge in [-0.25, -0.2) is 13.1 Å². The lowest BCUT2D eigenvalue weighted by Crippen LogP contribution is -2.32. The quantitative estimate of drug-likeness (QED) is 0.776. The minimum Gasteiger partial charge on any atom is -0.508 e. The normalized spacial score (nSPS) is 11.0. The van der Waals surface area contributed by atoms with Crippen LogP contribution >= 0.6 is 0 Å². The van der Waals surface area contributed by atoms with Crippen molar-refractivity contribution in [1.82, 2.24) is 4.72 Å². The first-order chi connectivity index (χ1) is 9.97. The molecule has 6 nitrogen and oxygen atoms in total. The van der Waals surface area contributed by atoms with Crippen LogP contribution in [0, 0.1) is 0 Å². The molecule has 0 radical (unpaired) electrons. The lowest BCUT2D eigenvalue weighted by atomic mass is 10.3. The van der Waals surface area contributed by atoms with Crippen molar-refractivity contribution < 1.29 is 18.3 Å².